The van der Waals surface area contributed by atoms with Crippen LogP contribution >= 0.6 is 11.3 Å². The molecule has 1 aromatic heterocycles. The van der Waals surface area contributed by atoms with E-state index in [2.05, 4.69) is 27.7 Å². The summed E-state index contributed by atoms with van der Waals surface area (Å²) >= 11 is 1.89. The molecule has 0 aliphatic carbocycles. The first-order valence-corrected chi connectivity index (χ1v) is 7.78. The first-order valence-electron chi connectivity index (χ1n) is 6.90. The van der Waals surface area contributed by atoms with Crippen molar-refractivity contribution in [3.63, 3.8) is 0 Å². The Kier molecular flexibility index (Phi) is 3.79. The Balaban J connectivity index is 1.55. The van der Waals surface area contributed by atoms with Gasteiger partial charge in [0.2, 0.25) is 0 Å². The van der Waals surface area contributed by atoms with Crippen molar-refractivity contribution in [3.8, 4) is 0 Å². The number of piperidine rings is 1. The van der Waals surface area contributed by atoms with Gasteiger partial charge in [0.1, 0.15) is 0 Å². The van der Waals surface area contributed by atoms with Gasteiger partial charge in [-0.25, -0.2) is 0 Å². The van der Waals surface area contributed by atoms with Crippen LogP contribution in [0.15, 0.2) is 17.5 Å². The van der Waals surface area contributed by atoms with E-state index < -0.39 is 0 Å². The molecule has 2 saturated heterocycles. The Hall–Kier alpha value is -0.380. The maximum absolute atomic E-state index is 3.68. The number of thiophene rings is 1. The SMILES string of the molecule is c1csc(CN2CCCC(C3CCCN3)C2)c1. The van der Waals surface area contributed by atoms with Crippen molar-refractivity contribution in [2.24, 2.45) is 5.92 Å². The maximum atomic E-state index is 3.68. The minimum absolute atomic E-state index is 0.807. The van der Waals surface area contributed by atoms with Gasteiger partial charge in [-0.2, -0.15) is 0 Å². The number of hydrogen-bond donors (Lipinski definition) is 1. The Morgan fingerprint density at radius 2 is 2.35 bits per heavy atom. The fraction of sp³-hybridized carbons (Fsp3) is 0.714. The molecule has 2 fully saturated rings. The molecule has 1 N–H and O–H groups in total. The third-order valence-electron chi connectivity index (χ3n) is 4.17. The number of hydrogen-bond acceptors (Lipinski definition) is 3. The highest BCUT2D eigenvalue weighted by atomic mass is 32.1. The first-order chi connectivity index (χ1) is 8.42. The van der Waals surface area contributed by atoms with E-state index >= 15 is 0 Å². The summed E-state index contributed by atoms with van der Waals surface area (Å²) in [4.78, 5) is 4.17. The molecule has 0 radical (unpaired) electrons. The van der Waals surface area contributed by atoms with Crippen molar-refractivity contribution in [1.82, 2.24) is 10.2 Å². The molecule has 2 unspecified atom stereocenters. The van der Waals surface area contributed by atoms with Crippen molar-refractivity contribution in [1.29, 1.82) is 0 Å². The molecule has 0 saturated carbocycles. The zero-order valence-corrected chi connectivity index (χ0v) is 11.2. The van der Waals surface area contributed by atoms with Gasteiger partial charge in [0, 0.05) is 24.0 Å². The van der Waals surface area contributed by atoms with Crippen LogP contribution in [0.25, 0.3) is 0 Å². The number of likely N-dealkylation sites (tertiary alicyclic amines) is 1. The van der Waals surface area contributed by atoms with Crippen molar-refractivity contribution >= 4 is 11.3 Å². The molecular weight excluding hydrogens is 228 g/mol. The molecule has 17 heavy (non-hydrogen) atoms. The zero-order chi connectivity index (χ0) is 11.5. The second-order valence-electron chi connectivity index (χ2n) is 5.42. The molecule has 3 heterocycles. The summed E-state index contributed by atoms with van der Waals surface area (Å²) in [6, 6.07) is 5.24. The largest absolute Gasteiger partial charge is 0.314 e. The van der Waals surface area contributed by atoms with E-state index in [4.69, 9.17) is 0 Å². The summed E-state index contributed by atoms with van der Waals surface area (Å²) < 4.78 is 0. The molecular formula is C14H22N2S. The Morgan fingerprint density at radius 1 is 1.35 bits per heavy atom. The highest BCUT2D eigenvalue weighted by Gasteiger charge is 2.28. The second-order valence-corrected chi connectivity index (χ2v) is 6.45. The Labute approximate surface area is 108 Å². The van der Waals surface area contributed by atoms with Gasteiger partial charge in [-0.15, -0.1) is 11.3 Å². The quantitative estimate of drug-likeness (QED) is 0.887. The first kappa shape index (κ1) is 11.7. The van der Waals surface area contributed by atoms with Crippen LogP contribution in [0.1, 0.15) is 30.6 Å². The van der Waals surface area contributed by atoms with Crippen LogP contribution in [0.2, 0.25) is 0 Å². The summed E-state index contributed by atoms with van der Waals surface area (Å²) in [6.45, 7) is 5.00. The minimum Gasteiger partial charge on any atom is -0.314 e. The molecule has 0 amide bonds. The molecule has 94 valence electrons. The van der Waals surface area contributed by atoms with Gasteiger partial charge in [0.15, 0.2) is 0 Å². The predicted octanol–water partition coefficient (Wildman–Crippen LogP) is 2.71. The van der Waals surface area contributed by atoms with E-state index in [1.54, 1.807) is 0 Å². The third kappa shape index (κ3) is 2.90. The standard InChI is InChI=1S/C14H22N2S/c1-6-14(15-7-1)12-4-2-8-16(10-12)11-13-5-3-9-17-13/h3,5,9,12,14-15H,1-2,4,6-8,10-11H2. The lowest BCUT2D eigenvalue weighted by atomic mass is 9.90. The number of rotatable bonds is 3. The van der Waals surface area contributed by atoms with E-state index in [-0.39, 0.29) is 0 Å². The van der Waals surface area contributed by atoms with Crippen LogP contribution in [0.3, 0.4) is 0 Å². The lowest BCUT2D eigenvalue weighted by Gasteiger charge is -2.35. The van der Waals surface area contributed by atoms with E-state index in [1.165, 1.54) is 56.7 Å². The van der Waals surface area contributed by atoms with E-state index in [1.807, 2.05) is 11.3 Å². The summed E-state index contributed by atoms with van der Waals surface area (Å²) in [5.74, 6) is 0.895. The lowest BCUT2D eigenvalue weighted by molar-refractivity contribution is 0.146. The normalized spacial score (nSPS) is 30.8. The molecule has 2 atom stereocenters. The Bertz CT molecular complexity index is 330. The monoisotopic (exact) mass is 250 g/mol. The molecule has 3 heteroatoms. The minimum atomic E-state index is 0.807. The van der Waals surface area contributed by atoms with Gasteiger partial charge in [-0.1, -0.05) is 6.07 Å². The van der Waals surface area contributed by atoms with Gasteiger partial charge in [0.05, 0.1) is 0 Å². The zero-order valence-electron chi connectivity index (χ0n) is 10.4. The van der Waals surface area contributed by atoms with Crippen LogP contribution in [-0.2, 0) is 6.54 Å². The van der Waals surface area contributed by atoms with E-state index in [0.717, 1.165) is 12.0 Å². The Morgan fingerprint density at radius 3 is 3.12 bits per heavy atom. The maximum Gasteiger partial charge on any atom is 0.0328 e. The van der Waals surface area contributed by atoms with E-state index in [0.29, 0.717) is 0 Å². The average molecular weight is 250 g/mol. The van der Waals surface area contributed by atoms with Crippen molar-refractivity contribution in [2.45, 2.75) is 38.3 Å². The van der Waals surface area contributed by atoms with Crippen molar-refractivity contribution in [2.75, 3.05) is 19.6 Å². The van der Waals surface area contributed by atoms with E-state index in [9.17, 15) is 0 Å². The van der Waals surface area contributed by atoms with Crippen molar-refractivity contribution in [3.05, 3.63) is 22.4 Å². The highest BCUT2D eigenvalue weighted by molar-refractivity contribution is 7.09. The van der Waals surface area contributed by atoms with Crippen LogP contribution in [0.4, 0.5) is 0 Å². The van der Waals surface area contributed by atoms with Crippen LogP contribution in [0, 0.1) is 5.92 Å². The molecule has 1 aromatic rings. The fourth-order valence-electron chi connectivity index (χ4n) is 3.30. The van der Waals surface area contributed by atoms with Gasteiger partial charge in [-0.05, 0) is 56.1 Å². The fourth-order valence-corrected chi connectivity index (χ4v) is 4.05. The predicted molar refractivity (Wildman–Crippen MR) is 73.3 cm³/mol. The topological polar surface area (TPSA) is 15.3 Å². The van der Waals surface area contributed by atoms with Crippen LogP contribution < -0.4 is 5.32 Å². The lowest BCUT2D eigenvalue weighted by Crippen LogP contribution is -2.43. The molecule has 0 bridgehead atoms. The molecule has 3 rings (SSSR count). The van der Waals surface area contributed by atoms with Crippen LogP contribution in [0.5, 0.6) is 0 Å². The smallest absolute Gasteiger partial charge is 0.0328 e. The summed E-state index contributed by atoms with van der Waals surface area (Å²) in [5.41, 5.74) is 0. The number of nitrogens with zero attached hydrogens (tertiary/aromatic N) is 1. The van der Waals surface area contributed by atoms with Gasteiger partial charge < -0.3 is 5.32 Å². The molecule has 0 aromatic carbocycles. The van der Waals surface area contributed by atoms with Crippen LogP contribution in [-0.4, -0.2) is 30.6 Å². The summed E-state index contributed by atoms with van der Waals surface area (Å²) in [5, 5.41) is 5.87. The third-order valence-corrected chi connectivity index (χ3v) is 5.03. The molecule has 0 spiro atoms. The number of nitrogens with one attached hydrogen (secondary N) is 1. The second kappa shape index (κ2) is 5.51. The van der Waals surface area contributed by atoms with Gasteiger partial charge in [0.25, 0.3) is 0 Å². The van der Waals surface area contributed by atoms with Crippen molar-refractivity contribution < 1.29 is 0 Å². The molecule has 2 aliphatic heterocycles. The molecule has 2 aliphatic rings. The van der Waals surface area contributed by atoms with Gasteiger partial charge in [-0.3, -0.25) is 4.90 Å². The average Bonchev–Trinajstić information content (AvgIpc) is 3.01. The molecule has 2 nitrogen and oxygen atoms in total. The van der Waals surface area contributed by atoms with Gasteiger partial charge >= 0.3 is 0 Å². The highest BCUT2D eigenvalue weighted by Crippen LogP contribution is 2.26. The summed E-state index contributed by atoms with van der Waals surface area (Å²) in [6.07, 6.45) is 5.59. The summed E-state index contributed by atoms with van der Waals surface area (Å²) in [7, 11) is 0.